The van der Waals surface area contributed by atoms with Crippen molar-refractivity contribution in [3.8, 4) is 0 Å². The summed E-state index contributed by atoms with van der Waals surface area (Å²) in [6.45, 7) is 2.42. The molecule has 3 N–H and O–H groups in total. The molecule has 1 fully saturated rings. The molecule has 2 aromatic heterocycles. The lowest BCUT2D eigenvalue weighted by atomic mass is 10.1. The summed E-state index contributed by atoms with van der Waals surface area (Å²) in [5, 5.41) is 3.04. The highest BCUT2D eigenvalue weighted by atomic mass is 16.5. The summed E-state index contributed by atoms with van der Waals surface area (Å²) in [6, 6.07) is 11.2. The molecule has 1 aliphatic rings. The number of furan rings is 1. The molecule has 1 saturated heterocycles. The van der Waals surface area contributed by atoms with Gasteiger partial charge in [0.25, 0.3) is 0 Å². The van der Waals surface area contributed by atoms with Crippen LogP contribution in [0.15, 0.2) is 47.1 Å². The number of benzene rings is 1. The van der Waals surface area contributed by atoms with E-state index in [0.717, 1.165) is 11.3 Å². The number of nitrogens with two attached hydrogens (primary N) is 1. The monoisotopic (exact) mass is 422 g/mol. The lowest BCUT2D eigenvalue weighted by Crippen LogP contribution is -2.26. The molecule has 0 aliphatic carbocycles. The average molecular weight is 422 g/mol. The number of esters is 1. The van der Waals surface area contributed by atoms with Crippen LogP contribution in [-0.4, -0.2) is 38.3 Å². The normalized spacial score (nSPS) is 15.8. The second-order valence-electron chi connectivity index (χ2n) is 7.29. The van der Waals surface area contributed by atoms with Crippen molar-refractivity contribution in [2.75, 3.05) is 17.6 Å². The SMILES string of the molecule is Cc1ccc(Nc2nc(N)nc(COC(=O)[C@@H]3CC(=O)N(Cc4ccco4)C3)n2)cc1. The summed E-state index contributed by atoms with van der Waals surface area (Å²) in [7, 11) is 0. The van der Waals surface area contributed by atoms with Crippen LogP contribution in [0.5, 0.6) is 0 Å². The third kappa shape index (κ3) is 5.16. The number of likely N-dealkylation sites (tertiary alicyclic amines) is 1. The number of aryl methyl sites for hydroxylation is 1. The molecule has 3 aromatic rings. The first-order valence-electron chi connectivity index (χ1n) is 9.77. The Labute approximate surface area is 178 Å². The van der Waals surface area contributed by atoms with Crippen molar-refractivity contribution in [1.82, 2.24) is 19.9 Å². The molecular formula is C21H22N6O4. The van der Waals surface area contributed by atoms with E-state index in [-0.39, 0.29) is 43.2 Å². The molecule has 4 rings (SSSR count). The van der Waals surface area contributed by atoms with Gasteiger partial charge in [-0.15, -0.1) is 0 Å². The van der Waals surface area contributed by atoms with Gasteiger partial charge in [-0.25, -0.2) is 0 Å². The number of carbonyl (C=O) groups is 2. The second kappa shape index (κ2) is 8.82. The van der Waals surface area contributed by atoms with Gasteiger partial charge in [-0.2, -0.15) is 15.0 Å². The molecule has 1 atom stereocenters. The number of nitrogens with zero attached hydrogens (tertiary/aromatic N) is 4. The molecule has 10 nitrogen and oxygen atoms in total. The summed E-state index contributed by atoms with van der Waals surface area (Å²) in [4.78, 5) is 38.6. The molecule has 1 aliphatic heterocycles. The van der Waals surface area contributed by atoms with E-state index in [9.17, 15) is 9.59 Å². The van der Waals surface area contributed by atoms with E-state index in [1.54, 1.807) is 23.3 Å². The standard InChI is InChI=1S/C21H22N6O4/c1-13-4-6-15(7-5-13)23-21-25-17(24-20(22)26-21)12-31-19(29)14-9-18(28)27(10-14)11-16-3-2-8-30-16/h2-8,14H,9-12H2,1H3,(H3,22,23,24,25,26)/t14-/m1/s1. The second-order valence-corrected chi connectivity index (χ2v) is 7.29. The zero-order valence-corrected chi connectivity index (χ0v) is 16.9. The van der Waals surface area contributed by atoms with E-state index in [4.69, 9.17) is 14.9 Å². The van der Waals surface area contributed by atoms with Gasteiger partial charge in [0.05, 0.1) is 18.7 Å². The van der Waals surface area contributed by atoms with Gasteiger partial charge in [0, 0.05) is 18.7 Å². The minimum Gasteiger partial charge on any atom is -0.467 e. The van der Waals surface area contributed by atoms with E-state index in [1.807, 2.05) is 31.2 Å². The summed E-state index contributed by atoms with van der Waals surface area (Å²) in [6.07, 6.45) is 1.64. The number of carbonyl (C=O) groups excluding carboxylic acids is 2. The summed E-state index contributed by atoms with van der Waals surface area (Å²) in [5.74, 6) is -0.00952. The quantitative estimate of drug-likeness (QED) is 0.549. The Morgan fingerprint density at radius 2 is 2.06 bits per heavy atom. The molecule has 3 heterocycles. The lowest BCUT2D eigenvalue weighted by Gasteiger charge is -2.14. The van der Waals surface area contributed by atoms with Crippen LogP contribution in [0.3, 0.4) is 0 Å². The first kappa shape index (κ1) is 20.3. The van der Waals surface area contributed by atoms with E-state index < -0.39 is 11.9 Å². The van der Waals surface area contributed by atoms with Gasteiger partial charge in [-0.3, -0.25) is 9.59 Å². The van der Waals surface area contributed by atoms with E-state index in [0.29, 0.717) is 12.3 Å². The van der Waals surface area contributed by atoms with Crippen LogP contribution in [0.1, 0.15) is 23.6 Å². The number of hydrogen-bond donors (Lipinski definition) is 2. The molecule has 0 spiro atoms. The van der Waals surface area contributed by atoms with Crippen LogP contribution >= 0.6 is 0 Å². The fraction of sp³-hybridized carbons (Fsp3) is 0.286. The summed E-state index contributed by atoms with van der Waals surface area (Å²) >= 11 is 0. The van der Waals surface area contributed by atoms with Gasteiger partial charge in [0.2, 0.25) is 17.8 Å². The van der Waals surface area contributed by atoms with Crippen molar-refractivity contribution in [1.29, 1.82) is 0 Å². The minimum absolute atomic E-state index is 0.0105. The van der Waals surface area contributed by atoms with Crippen LogP contribution < -0.4 is 11.1 Å². The maximum atomic E-state index is 12.5. The number of hydrogen-bond acceptors (Lipinski definition) is 9. The lowest BCUT2D eigenvalue weighted by molar-refractivity contribution is -0.150. The molecule has 31 heavy (non-hydrogen) atoms. The molecule has 10 heteroatoms. The highest BCUT2D eigenvalue weighted by Crippen LogP contribution is 2.22. The predicted octanol–water partition coefficient (Wildman–Crippen LogP) is 2.19. The zero-order valence-electron chi connectivity index (χ0n) is 16.9. The molecule has 0 unspecified atom stereocenters. The highest BCUT2D eigenvalue weighted by Gasteiger charge is 2.35. The fourth-order valence-electron chi connectivity index (χ4n) is 3.25. The number of ether oxygens (including phenoxy) is 1. The Morgan fingerprint density at radius 3 is 2.81 bits per heavy atom. The number of nitrogen functional groups attached to an aromatic ring is 1. The number of rotatable bonds is 7. The maximum absolute atomic E-state index is 12.5. The number of aromatic nitrogens is 3. The van der Waals surface area contributed by atoms with Gasteiger partial charge in [-0.1, -0.05) is 17.7 Å². The third-order valence-electron chi connectivity index (χ3n) is 4.82. The van der Waals surface area contributed by atoms with Crippen molar-refractivity contribution in [3.63, 3.8) is 0 Å². The molecule has 0 saturated carbocycles. The van der Waals surface area contributed by atoms with Crippen LogP contribution in [0, 0.1) is 12.8 Å². The Balaban J connectivity index is 1.34. The molecule has 0 bridgehead atoms. The van der Waals surface area contributed by atoms with Crippen molar-refractivity contribution >= 4 is 29.5 Å². The third-order valence-corrected chi connectivity index (χ3v) is 4.82. The number of anilines is 3. The topological polar surface area (TPSA) is 136 Å². The van der Waals surface area contributed by atoms with Gasteiger partial charge in [0.1, 0.15) is 5.76 Å². The first-order chi connectivity index (χ1) is 15.0. The van der Waals surface area contributed by atoms with Crippen LogP contribution in [-0.2, 0) is 27.5 Å². The van der Waals surface area contributed by atoms with Crippen LogP contribution in [0.4, 0.5) is 17.6 Å². The average Bonchev–Trinajstić information content (AvgIpc) is 3.38. The Morgan fingerprint density at radius 1 is 1.26 bits per heavy atom. The molecular weight excluding hydrogens is 400 g/mol. The summed E-state index contributed by atoms with van der Waals surface area (Å²) in [5.41, 5.74) is 7.68. The zero-order chi connectivity index (χ0) is 21.8. The maximum Gasteiger partial charge on any atom is 0.311 e. The highest BCUT2D eigenvalue weighted by molar-refractivity contribution is 5.86. The molecule has 0 radical (unpaired) electrons. The minimum atomic E-state index is -0.549. The van der Waals surface area contributed by atoms with Crippen molar-refractivity contribution in [2.24, 2.45) is 5.92 Å². The molecule has 160 valence electrons. The first-order valence-corrected chi connectivity index (χ1v) is 9.77. The molecule has 1 amide bonds. The van der Waals surface area contributed by atoms with E-state index in [2.05, 4.69) is 20.3 Å². The number of nitrogens with one attached hydrogen (secondary N) is 1. The van der Waals surface area contributed by atoms with Crippen molar-refractivity contribution < 1.29 is 18.7 Å². The van der Waals surface area contributed by atoms with Gasteiger partial charge in [0.15, 0.2) is 12.4 Å². The smallest absolute Gasteiger partial charge is 0.311 e. The summed E-state index contributed by atoms with van der Waals surface area (Å²) < 4.78 is 10.6. The van der Waals surface area contributed by atoms with Crippen LogP contribution in [0.25, 0.3) is 0 Å². The number of amides is 1. The Bertz CT molecular complexity index is 1070. The van der Waals surface area contributed by atoms with E-state index in [1.165, 1.54) is 0 Å². The fourth-order valence-corrected chi connectivity index (χ4v) is 3.25. The van der Waals surface area contributed by atoms with Gasteiger partial charge < -0.3 is 25.1 Å². The van der Waals surface area contributed by atoms with Crippen LogP contribution in [0.2, 0.25) is 0 Å². The van der Waals surface area contributed by atoms with E-state index >= 15 is 0 Å². The Kier molecular flexibility index (Phi) is 5.78. The van der Waals surface area contributed by atoms with Gasteiger partial charge >= 0.3 is 5.97 Å². The largest absolute Gasteiger partial charge is 0.467 e. The Hall–Kier alpha value is -3.95. The molecule has 1 aromatic carbocycles. The predicted molar refractivity (Wildman–Crippen MR) is 111 cm³/mol. The van der Waals surface area contributed by atoms with Crippen molar-refractivity contribution in [3.05, 3.63) is 59.8 Å². The van der Waals surface area contributed by atoms with Gasteiger partial charge in [-0.05, 0) is 31.2 Å². The van der Waals surface area contributed by atoms with Crippen molar-refractivity contribution in [2.45, 2.75) is 26.5 Å².